The highest BCUT2D eigenvalue weighted by Crippen LogP contribution is 2.21. The molecule has 9 heteroatoms. The quantitative estimate of drug-likeness (QED) is 0.647. The highest BCUT2D eigenvalue weighted by molar-refractivity contribution is 7.89. The first-order valence-electron chi connectivity index (χ1n) is 8.95. The Balaban J connectivity index is 1.62. The minimum Gasteiger partial charge on any atom is -0.333 e. The van der Waals surface area contributed by atoms with Crippen molar-refractivity contribution in [3.8, 4) is 0 Å². The van der Waals surface area contributed by atoms with Crippen LogP contribution in [0.3, 0.4) is 0 Å². The van der Waals surface area contributed by atoms with E-state index in [9.17, 15) is 13.2 Å². The van der Waals surface area contributed by atoms with E-state index in [4.69, 9.17) is 5.14 Å². The number of imidazole rings is 1. The van der Waals surface area contributed by atoms with E-state index in [1.54, 1.807) is 36.6 Å². The Labute approximate surface area is 170 Å². The molecule has 0 bridgehead atoms. The van der Waals surface area contributed by atoms with Gasteiger partial charge in [0.15, 0.2) is 0 Å². The number of benzene rings is 2. The molecule has 0 saturated carbocycles. The Morgan fingerprint density at radius 2 is 1.83 bits per heavy atom. The van der Waals surface area contributed by atoms with E-state index in [0.717, 1.165) is 11.1 Å². The number of nitrogens with zero attached hydrogens (tertiary/aromatic N) is 3. The molecule has 0 fully saturated rings. The monoisotopic (exact) mass is 413 g/mol. The molecule has 1 aromatic heterocycles. The second-order valence-electron chi connectivity index (χ2n) is 6.76. The normalized spacial score (nSPS) is 12.4. The van der Waals surface area contributed by atoms with Crippen molar-refractivity contribution in [3.63, 3.8) is 0 Å². The van der Waals surface area contributed by atoms with Gasteiger partial charge in [-0.3, -0.25) is 0 Å². The molecule has 0 aliphatic heterocycles. The van der Waals surface area contributed by atoms with Crippen molar-refractivity contribution in [1.82, 2.24) is 14.5 Å². The molecule has 1 atom stereocenters. The number of nitrogens with two attached hydrogens (primary N) is 1. The molecule has 3 rings (SSSR count). The Hall–Kier alpha value is -3.17. The zero-order valence-corrected chi connectivity index (χ0v) is 17.0. The molecule has 0 spiro atoms. The van der Waals surface area contributed by atoms with Gasteiger partial charge in [0.25, 0.3) is 0 Å². The molecule has 3 N–H and O–H groups in total. The molecular weight excluding hydrogens is 390 g/mol. The van der Waals surface area contributed by atoms with Crippen LogP contribution in [-0.4, -0.2) is 35.9 Å². The molecule has 8 nitrogen and oxygen atoms in total. The van der Waals surface area contributed by atoms with Crippen molar-refractivity contribution in [2.75, 3.05) is 12.4 Å². The minimum atomic E-state index is -3.74. The molecule has 1 heterocycles. The lowest BCUT2D eigenvalue weighted by atomic mass is 10.1. The number of hydrogen-bond acceptors (Lipinski definition) is 4. The fourth-order valence-electron chi connectivity index (χ4n) is 2.83. The molecule has 3 aromatic rings. The number of hydrogen-bond donors (Lipinski definition) is 2. The van der Waals surface area contributed by atoms with Crippen LogP contribution in [-0.2, 0) is 16.6 Å². The van der Waals surface area contributed by atoms with E-state index in [0.29, 0.717) is 12.2 Å². The van der Waals surface area contributed by atoms with Crippen molar-refractivity contribution in [2.24, 2.45) is 5.14 Å². The molecule has 152 valence electrons. The molecule has 0 radical (unpaired) electrons. The van der Waals surface area contributed by atoms with Gasteiger partial charge in [0.05, 0.1) is 17.3 Å². The van der Waals surface area contributed by atoms with Crippen LogP contribution in [0.1, 0.15) is 24.1 Å². The van der Waals surface area contributed by atoms with Crippen LogP contribution >= 0.6 is 0 Å². The van der Waals surface area contributed by atoms with E-state index < -0.39 is 10.0 Å². The summed E-state index contributed by atoms with van der Waals surface area (Å²) in [5, 5.41) is 7.98. The first-order chi connectivity index (χ1) is 13.7. The summed E-state index contributed by atoms with van der Waals surface area (Å²) >= 11 is 0. The third-order valence-corrected chi connectivity index (χ3v) is 5.65. The number of sulfonamides is 1. The first-order valence-corrected chi connectivity index (χ1v) is 10.5. The van der Waals surface area contributed by atoms with Crippen LogP contribution in [0, 0.1) is 0 Å². The average molecular weight is 414 g/mol. The van der Waals surface area contributed by atoms with E-state index in [2.05, 4.69) is 10.3 Å². The predicted octanol–water partition coefficient (Wildman–Crippen LogP) is 2.80. The van der Waals surface area contributed by atoms with Crippen LogP contribution in [0.15, 0.2) is 72.1 Å². The number of rotatable bonds is 6. The van der Waals surface area contributed by atoms with E-state index in [1.165, 1.54) is 12.1 Å². The molecule has 1 unspecified atom stereocenters. The summed E-state index contributed by atoms with van der Waals surface area (Å²) in [6, 6.07) is 13.2. The van der Waals surface area contributed by atoms with Crippen LogP contribution in [0.25, 0.3) is 0 Å². The summed E-state index contributed by atoms with van der Waals surface area (Å²) in [7, 11) is -2.06. The van der Waals surface area contributed by atoms with Gasteiger partial charge in [-0.2, -0.15) is 0 Å². The molecule has 0 aliphatic rings. The van der Waals surface area contributed by atoms with Gasteiger partial charge < -0.3 is 14.8 Å². The van der Waals surface area contributed by atoms with Gasteiger partial charge in [0.1, 0.15) is 0 Å². The molecular formula is C20H23N5O3S. The fraction of sp³-hybridized carbons (Fsp3) is 0.200. The fourth-order valence-corrected chi connectivity index (χ4v) is 3.35. The van der Waals surface area contributed by atoms with Crippen molar-refractivity contribution >= 4 is 21.7 Å². The summed E-state index contributed by atoms with van der Waals surface area (Å²) in [6.07, 6.45) is 5.37. The lowest BCUT2D eigenvalue weighted by Crippen LogP contribution is -2.33. The van der Waals surface area contributed by atoms with Crippen molar-refractivity contribution in [3.05, 3.63) is 78.4 Å². The summed E-state index contributed by atoms with van der Waals surface area (Å²) in [6.45, 7) is 2.57. The predicted molar refractivity (Wildman–Crippen MR) is 111 cm³/mol. The average Bonchev–Trinajstić information content (AvgIpc) is 3.21. The Morgan fingerprint density at radius 3 is 2.38 bits per heavy atom. The summed E-state index contributed by atoms with van der Waals surface area (Å²) in [4.78, 5) is 18.2. The molecule has 0 saturated heterocycles. The lowest BCUT2D eigenvalue weighted by Gasteiger charge is -2.25. The van der Waals surface area contributed by atoms with Gasteiger partial charge in [-0.15, -0.1) is 0 Å². The zero-order valence-electron chi connectivity index (χ0n) is 16.2. The SMILES string of the molecule is CC(c1ccc(S(N)(=O)=O)cc1)N(C)C(=O)Nc1ccc(Cn2ccnc2)cc1. The highest BCUT2D eigenvalue weighted by atomic mass is 32.2. The van der Waals surface area contributed by atoms with Crippen molar-refractivity contribution in [1.29, 1.82) is 0 Å². The van der Waals surface area contributed by atoms with E-state index in [-0.39, 0.29) is 17.0 Å². The molecule has 2 aromatic carbocycles. The number of aromatic nitrogens is 2. The van der Waals surface area contributed by atoms with Gasteiger partial charge in [-0.05, 0) is 42.3 Å². The third-order valence-electron chi connectivity index (χ3n) is 4.72. The number of amides is 2. The lowest BCUT2D eigenvalue weighted by molar-refractivity contribution is 0.208. The minimum absolute atomic E-state index is 0.0383. The third kappa shape index (κ3) is 5.21. The standard InChI is InChI=1S/C20H23N5O3S/c1-15(17-5-9-19(10-6-17)29(21,27)28)24(2)20(26)23-18-7-3-16(4-8-18)13-25-12-11-22-14-25/h3-12,14-15H,13H2,1-2H3,(H,23,26)(H2,21,27,28). The van der Waals surface area contributed by atoms with Gasteiger partial charge in [0.2, 0.25) is 10.0 Å². The summed E-state index contributed by atoms with van der Waals surface area (Å²) < 4.78 is 24.7. The van der Waals surface area contributed by atoms with E-state index in [1.807, 2.05) is 42.0 Å². The highest BCUT2D eigenvalue weighted by Gasteiger charge is 2.18. The Morgan fingerprint density at radius 1 is 1.17 bits per heavy atom. The van der Waals surface area contributed by atoms with Crippen LogP contribution < -0.4 is 10.5 Å². The summed E-state index contributed by atoms with van der Waals surface area (Å²) in [5.41, 5.74) is 2.58. The van der Waals surface area contributed by atoms with Gasteiger partial charge in [-0.1, -0.05) is 24.3 Å². The van der Waals surface area contributed by atoms with Crippen molar-refractivity contribution < 1.29 is 13.2 Å². The maximum atomic E-state index is 12.6. The maximum Gasteiger partial charge on any atom is 0.322 e. The molecule has 2 amide bonds. The number of nitrogens with one attached hydrogen (secondary N) is 1. The van der Waals surface area contributed by atoms with Gasteiger partial charge >= 0.3 is 6.03 Å². The van der Waals surface area contributed by atoms with Crippen LogP contribution in [0.5, 0.6) is 0 Å². The largest absolute Gasteiger partial charge is 0.333 e. The Kier molecular flexibility index (Phi) is 6.00. The topological polar surface area (TPSA) is 110 Å². The van der Waals surface area contributed by atoms with Gasteiger partial charge in [0, 0.05) is 31.7 Å². The summed E-state index contributed by atoms with van der Waals surface area (Å²) in [5.74, 6) is 0. The van der Waals surface area contributed by atoms with Crippen LogP contribution in [0.4, 0.5) is 10.5 Å². The molecule has 29 heavy (non-hydrogen) atoms. The second-order valence-corrected chi connectivity index (χ2v) is 8.32. The number of carbonyl (C=O) groups is 1. The molecule has 0 aliphatic carbocycles. The smallest absolute Gasteiger partial charge is 0.322 e. The zero-order chi connectivity index (χ0) is 21.0. The van der Waals surface area contributed by atoms with Gasteiger partial charge in [-0.25, -0.2) is 23.3 Å². The Bertz CT molecular complexity index is 1060. The number of primary sulfonamides is 1. The second kappa shape index (κ2) is 8.46. The number of urea groups is 1. The van der Waals surface area contributed by atoms with E-state index >= 15 is 0 Å². The number of carbonyl (C=O) groups excluding carboxylic acids is 1. The maximum absolute atomic E-state index is 12.6. The number of anilines is 1. The first kappa shape index (κ1) is 20.6. The van der Waals surface area contributed by atoms with Crippen LogP contribution in [0.2, 0.25) is 0 Å². The van der Waals surface area contributed by atoms with Crippen molar-refractivity contribution in [2.45, 2.75) is 24.4 Å².